The quantitative estimate of drug-likeness (QED) is 0.886. The first-order valence-corrected chi connectivity index (χ1v) is 8.56. The highest BCUT2D eigenvalue weighted by atomic mass is 32.2. The van der Waals surface area contributed by atoms with Crippen LogP contribution in [0, 0.1) is 0 Å². The van der Waals surface area contributed by atoms with Gasteiger partial charge >= 0.3 is 0 Å². The van der Waals surface area contributed by atoms with E-state index >= 15 is 0 Å². The Morgan fingerprint density at radius 1 is 1.38 bits per heavy atom. The molecule has 0 spiro atoms. The molecule has 0 radical (unpaired) electrons. The van der Waals surface area contributed by atoms with Crippen molar-refractivity contribution in [3.8, 4) is 0 Å². The van der Waals surface area contributed by atoms with E-state index in [9.17, 15) is 8.42 Å². The zero-order valence-electron chi connectivity index (χ0n) is 12.1. The van der Waals surface area contributed by atoms with Crippen LogP contribution in [0.5, 0.6) is 0 Å². The number of H-pyrrole nitrogens is 1. The molecule has 1 aliphatic rings. The van der Waals surface area contributed by atoms with Gasteiger partial charge in [-0.25, -0.2) is 8.42 Å². The van der Waals surface area contributed by atoms with Gasteiger partial charge in [0.05, 0.1) is 29.8 Å². The summed E-state index contributed by atoms with van der Waals surface area (Å²) in [6.45, 7) is 3.94. The zero-order valence-corrected chi connectivity index (χ0v) is 12.9. The number of hydrogen-bond acceptors (Lipinski definition) is 4. The van der Waals surface area contributed by atoms with Gasteiger partial charge in [0.1, 0.15) is 4.90 Å². The third-order valence-electron chi connectivity index (χ3n) is 3.83. The Morgan fingerprint density at radius 2 is 2.14 bits per heavy atom. The third kappa shape index (κ3) is 2.67. The molecule has 2 aromatic heterocycles. The minimum Gasteiger partial charge on any atom is -0.280 e. The fourth-order valence-corrected chi connectivity index (χ4v) is 3.33. The van der Waals surface area contributed by atoms with Gasteiger partial charge < -0.3 is 0 Å². The minimum absolute atomic E-state index is 0.155. The van der Waals surface area contributed by atoms with Gasteiger partial charge in [0.25, 0.3) is 10.0 Å². The van der Waals surface area contributed by atoms with E-state index in [2.05, 4.69) is 20.0 Å². The molecule has 0 aromatic carbocycles. The van der Waals surface area contributed by atoms with Crippen LogP contribution in [0.1, 0.15) is 50.8 Å². The predicted molar refractivity (Wildman–Crippen MR) is 78.6 cm³/mol. The molecular formula is C13H19N5O2S. The summed E-state index contributed by atoms with van der Waals surface area (Å²) >= 11 is 0. The van der Waals surface area contributed by atoms with E-state index in [-0.39, 0.29) is 10.8 Å². The van der Waals surface area contributed by atoms with E-state index in [0.717, 1.165) is 18.5 Å². The van der Waals surface area contributed by atoms with Crippen LogP contribution in [0.4, 0.5) is 5.69 Å². The molecule has 0 aliphatic heterocycles. The predicted octanol–water partition coefficient (Wildman–Crippen LogP) is 2.26. The van der Waals surface area contributed by atoms with Crippen LogP contribution in [-0.2, 0) is 10.0 Å². The third-order valence-corrected chi connectivity index (χ3v) is 5.15. The van der Waals surface area contributed by atoms with Crippen molar-refractivity contribution in [3.05, 3.63) is 24.3 Å². The Hall–Kier alpha value is -1.83. The summed E-state index contributed by atoms with van der Waals surface area (Å²) in [4.78, 5) is 0.185. The summed E-state index contributed by atoms with van der Waals surface area (Å²) in [6, 6.07) is 0.342. The monoisotopic (exact) mass is 309 g/mol. The first-order chi connectivity index (χ1) is 9.97. The molecule has 8 heteroatoms. The number of aromatic amines is 1. The fourth-order valence-electron chi connectivity index (χ4n) is 2.33. The lowest BCUT2D eigenvalue weighted by Gasteiger charge is -2.25. The molecule has 0 unspecified atom stereocenters. The van der Waals surface area contributed by atoms with Crippen LogP contribution in [0.15, 0.2) is 23.5 Å². The van der Waals surface area contributed by atoms with E-state index < -0.39 is 10.0 Å². The van der Waals surface area contributed by atoms with Crippen LogP contribution in [0.3, 0.4) is 0 Å². The molecule has 0 bridgehead atoms. The van der Waals surface area contributed by atoms with Crippen LogP contribution in [-0.4, -0.2) is 28.4 Å². The maximum atomic E-state index is 12.4. The second-order valence-corrected chi connectivity index (χ2v) is 7.38. The second kappa shape index (κ2) is 5.18. The van der Waals surface area contributed by atoms with Crippen molar-refractivity contribution >= 4 is 15.7 Å². The summed E-state index contributed by atoms with van der Waals surface area (Å²) in [5, 5.41) is 10.9. The standard InChI is InChI=1S/C13H19N5O2S/c1-9(2)13-12(7-14-16-13)17-21(19,20)11-6-15-18(8-11)10-4-3-5-10/h6-10,17H,3-5H2,1-2H3,(H,14,16). The maximum Gasteiger partial charge on any atom is 0.265 e. The Balaban J connectivity index is 1.83. The number of rotatable bonds is 5. The average Bonchev–Trinajstić information content (AvgIpc) is 2.95. The van der Waals surface area contributed by atoms with E-state index in [1.165, 1.54) is 18.8 Å². The lowest BCUT2D eigenvalue weighted by Crippen LogP contribution is -2.17. The normalized spacial score (nSPS) is 16.1. The highest BCUT2D eigenvalue weighted by molar-refractivity contribution is 7.92. The Kier molecular flexibility index (Phi) is 3.48. The smallest absolute Gasteiger partial charge is 0.265 e. The first-order valence-electron chi connectivity index (χ1n) is 7.07. The fraction of sp³-hybridized carbons (Fsp3) is 0.538. The molecule has 2 aromatic rings. The number of nitrogens with one attached hydrogen (secondary N) is 2. The molecule has 0 amide bonds. The largest absolute Gasteiger partial charge is 0.280 e. The number of nitrogens with zero attached hydrogens (tertiary/aromatic N) is 3. The van der Waals surface area contributed by atoms with E-state index in [1.807, 2.05) is 13.8 Å². The molecule has 0 atom stereocenters. The first kappa shape index (κ1) is 14.1. The highest BCUT2D eigenvalue weighted by Crippen LogP contribution is 2.31. The lowest BCUT2D eigenvalue weighted by molar-refractivity contribution is 0.289. The number of sulfonamides is 1. The molecule has 1 aliphatic carbocycles. The lowest BCUT2D eigenvalue weighted by atomic mass is 9.93. The average molecular weight is 309 g/mol. The van der Waals surface area contributed by atoms with Gasteiger partial charge in [-0.05, 0) is 25.2 Å². The summed E-state index contributed by atoms with van der Waals surface area (Å²) < 4.78 is 29.1. The molecule has 3 rings (SSSR count). The number of anilines is 1. The van der Waals surface area contributed by atoms with Gasteiger partial charge in [0.15, 0.2) is 0 Å². The van der Waals surface area contributed by atoms with Crippen LogP contribution < -0.4 is 4.72 Å². The van der Waals surface area contributed by atoms with Crippen molar-refractivity contribution in [2.45, 2.75) is 50.0 Å². The highest BCUT2D eigenvalue weighted by Gasteiger charge is 2.24. The molecule has 1 saturated carbocycles. The van der Waals surface area contributed by atoms with Crippen LogP contribution >= 0.6 is 0 Å². The van der Waals surface area contributed by atoms with Crippen molar-refractivity contribution in [1.82, 2.24) is 20.0 Å². The maximum absolute atomic E-state index is 12.4. The number of aromatic nitrogens is 4. The van der Waals surface area contributed by atoms with E-state index in [1.54, 1.807) is 10.9 Å². The topological polar surface area (TPSA) is 92.7 Å². The molecule has 7 nitrogen and oxygen atoms in total. The number of hydrogen-bond donors (Lipinski definition) is 2. The van der Waals surface area contributed by atoms with Crippen molar-refractivity contribution in [3.63, 3.8) is 0 Å². The van der Waals surface area contributed by atoms with Gasteiger partial charge in [-0.2, -0.15) is 10.2 Å². The van der Waals surface area contributed by atoms with E-state index in [4.69, 9.17) is 0 Å². The SMILES string of the molecule is CC(C)c1[nH]ncc1NS(=O)(=O)c1cnn(C2CCC2)c1. The molecular weight excluding hydrogens is 290 g/mol. The van der Waals surface area contributed by atoms with Crippen molar-refractivity contribution in [2.24, 2.45) is 0 Å². The molecule has 21 heavy (non-hydrogen) atoms. The van der Waals surface area contributed by atoms with Gasteiger partial charge in [-0.15, -0.1) is 0 Å². The van der Waals surface area contributed by atoms with Crippen LogP contribution in [0.2, 0.25) is 0 Å². The zero-order chi connectivity index (χ0) is 15.0. The van der Waals surface area contributed by atoms with Crippen molar-refractivity contribution in [2.75, 3.05) is 4.72 Å². The Bertz CT molecular complexity index is 727. The van der Waals surface area contributed by atoms with Gasteiger partial charge in [-0.1, -0.05) is 13.8 Å². The summed E-state index contributed by atoms with van der Waals surface area (Å²) in [5.74, 6) is 0.155. The molecule has 2 heterocycles. The van der Waals surface area contributed by atoms with Gasteiger partial charge in [-0.3, -0.25) is 14.5 Å². The van der Waals surface area contributed by atoms with Gasteiger partial charge in [0, 0.05) is 6.20 Å². The van der Waals surface area contributed by atoms with Crippen molar-refractivity contribution < 1.29 is 8.42 Å². The molecule has 1 fully saturated rings. The summed E-state index contributed by atoms with van der Waals surface area (Å²) in [7, 11) is -3.63. The van der Waals surface area contributed by atoms with Gasteiger partial charge in [0.2, 0.25) is 0 Å². The Labute approximate surface area is 123 Å². The Morgan fingerprint density at radius 3 is 2.76 bits per heavy atom. The summed E-state index contributed by atoms with van der Waals surface area (Å²) in [5.41, 5.74) is 1.26. The second-order valence-electron chi connectivity index (χ2n) is 5.70. The summed E-state index contributed by atoms with van der Waals surface area (Å²) in [6.07, 6.45) is 7.79. The molecule has 0 saturated heterocycles. The minimum atomic E-state index is -3.63. The molecule has 2 N–H and O–H groups in total. The van der Waals surface area contributed by atoms with Crippen molar-refractivity contribution in [1.29, 1.82) is 0 Å². The van der Waals surface area contributed by atoms with E-state index in [0.29, 0.717) is 11.7 Å². The van der Waals surface area contributed by atoms with Crippen LogP contribution in [0.25, 0.3) is 0 Å². The molecule has 114 valence electrons.